The monoisotopic (exact) mass is 397 g/mol. The highest BCUT2D eigenvalue weighted by atomic mass is 32.2. The highest BCUT2D eigenvalue weighted by Crippen LogP contribution is 2.09. The van der Waals surface area contributed by atoms with Crippen molar-refractivity contribution in [1.82, 2.24) is 10.5 Å². The largest absolute Gasteiger partial charge is 0.455 e. The zero-order chi connectivity index (χ0) is 18.9. The average Bonchev–Trinajstić information content (AvgIpc) is 3.25. The van der Waals surface area contributed by atoms with Crippen LogP contribution < -0.4 is 10.6 Å². The first-order chi connectivity index (χ1) is 12.4. The fourth-order valence-electron chi connectivity index (χ4n) is 1.65. The molecule has 0 aliphatic heterocycles. The van der Waals surface area contributed by atoms with Gasteiger partial charge in [-0.3, -0.25) is 24.5 Å². The summed E-state index contributed by atoms with van der Waals surface area (Å²) >= 11 is 2.21. The first kappa shape index (κ1) is 19.7. The number of amides is 3. The number of carbonyl (C=O) groups is 4. The van der Waals surface area contributed by atoms with Crippen LogP contribution >= 0.6 is 23.1 Å². The van der Waals surface area contributed by atoms with Gasteiger partial charge in [-0.05, 0) is 18.4 Å². The molecule has 0 aliphatic carbocycles. The molecule has 3 amide bonds. The third kappa shape index (κ3) is 6.69. The average molecular weight is 397 g/mol. The van der Waals surface area contributed by atoms with E-state index in [1.54, 1.807) is 30.5 Å². The Morgan fingerprint density at radius 2 is 2.08 bits per heavy atom. The van der Waals surface area contributed by atoms with Crippen molar-refractivity contribution >= 4 is 52.6 Å². The summed E-state index contributed by atoms with van der Waals surface area (Å²) < 4.78 is 9.55. The van der Waals surface area contributed by atoms with Crippen LogP contribution in [0.25, 0.3) is 0 Å². The lowest BCUT2D eigenvalue weighted by Gasteiger charge is -2.05. The summed E-state index contributed by atoms with van der Waals surface area (Å²) in [6.45, 7) is 1.12. The number of thiophene rings is 1. The van der Waals surface area contributed by atoms with Crippen LogP contribution in [0, 0.1) is 6.92 Å². The highest BCUT2D eigenvalue weighted by Gasteiger charge is 2.14. The molecule has 0 saturated carbocycles. The van der Waals surface area contributed by atoms with E-state index in [9.17, 15) is 19.2 Å². The number of hydrogen-bond donors (Lipinski definition) is 2. The minimum absolute atomic E-state index is 0.00404. The van der Waals surface area contributed by atoms with Gasteiger partial charge < -0.3 is 14.6 Å². The van der Waals surface area contributed by atoms with E-state index in [-0.39, 0.29) is 17.4 Å². The fourth-order valence-corrected chi connectivity index (χ4v) is 2.88. The molecule has 26 heavy (non-hydrogen) atoms. The number of aryl methyl sites for hydroxylation is 1. The van der Waals surface area contributed by atoms with E-state index >= 15 is 0 Å². The number of nitrogens with one attached hydrogen (secondary N) is 2. The number of ether oxygens (including phenoxy) is 1. The maximum Gasteiger partial charge on any atom is 0.316 e. The highest BCUT2D eigenvalue weighted by molar-refractivity contribution is 8.00. The van der Waals surface area contributed by atoms with Crippen LogP contribution in [0.3, 0.4) is 0 Å². The molecule has 2 heterocycles. The SMILES string of the molecule is Cc1cc(NC(=O)CSCC(=O)OCC(=O)NC(=O)c2cccs2)no1. The van der Waals surface area contributed by atoms with Crippen molar-refractivity contribution in [3.05, 3.63) is 34.2 Å². The van der Waals surface area contributed by atoms with Gasteiger partial charge in [-0.15, -0.1) is 23.1 Å². The minimum atomic E-state index is -0.721. The molecule has 0 aromatic carbocycles. The van der Waals surface area contributed by atoms with Crippen molar-refractivity contribution in [2.24, 2.45) is 0 Å². The van der Waals surface area contributed by atoms with Crippen molar-refractivity contribution in [2.75, 3.05) is 23.4 Å². The molecule has 9 nitrogen and oxygen atoms in total. The molecule has 0 atom stereocenters. The van der Waals surface area contributed by atoms with Gasteiger partial charge in [0.25, 0.3) is 11.8 Å². The van der Waals surface area contributed by atoms with Crippen LogP contribution in [-0.2, 0) is 19.1 Å². The first-order valence-electron chi connectivity index (χ1n) is 7.28. The molecular formula is C15H15N3O6S2. The maximum atomic E-state index is 11.6. The Morgan fingerprint density at radius 3 is 2.73 bits per heavy atom. The number of anilines is 1. The van der Waals surface area contributed by atoms with Crippen molar-refractivity contribution in [1.29, 1.82) is 0 Å². The Bertz CT molecular complexity index is 787. The molecule has 2 aromatic heterocycles. The molecule has 138 valence electrons. The van der Waals surface area contributed by atoms with E-state index in [1.807, 2.05) is 0 Å². The Balaban J connectivity index is 1.59. The maximum absolute atomic E-state index is 11.6. The van der Waals surface area contributed by atoms with Gasteiger partial charge in [0.1, 0.15) is 5.76 Å². The number of nitrogens with zero attached hydrogens (tertiary/aromatic N) is 1. The van der Waals surface area contributed by atoms with E-state index in [4.69, 9.17) is 9.26 Å². The summed E-state index contributed by atoms with van der Waals surface area (Å²) in [5.74, 6) is -1.54. The molecule has 0 fully saturated rings. The second-order valence-corrected chi connectivity index (χ2v) is 6.81. The quantitative estimate of drug-likeness (QED) is 0.637. The number of rotatable bonds is 8. The van der Waals surface area contributed by atoms with E-state index in [0.717, 1.165) is 11.8 Å². The molecule has 0 spiro atoms. The van der Waals surface area contributed by atoms with E-state index in [1.165, 1.54) is 11.3 Å². The summed E-state index contributed by atoms with van der Waals surface area (Å²) in [6, 6.07) is 4.81. The Morgan fingerprint density at radius 1 is 1.27 bits per heavy atom. The molecule has 0 unspecified atom stereocenters. The summed E-state index contributed by atoms with van der Waals surface area (Å²) in [5.41, 5.74) is 0. The molecule has 0 saturated heterocycles. The third-order valence-electron chi connectivity index (χ3n) is 2.71. The number of aromatic nitrogens is 1. The molecule has 2 rings (SSSR count). The van der Waals surface area contributed by atoms with Gasteiger partial charge in [0.2, 0.25) is 5.91 Å². The molecule has 0 aliphatic rings. The molecule has 2 N–H and O–H groups in total. The van der Waals surface area contributed by atoms with Crippen LogP contribution in [0.5, 0.6) is 0 Å². The van der Waals surface area contributed by atoms with Crippen molar-refractivity contribution in [2.45, 2.75) is 6.92 Å². The van der Waals surface area contributed by atoms with E-state index < -0.39 is 24.4 Å². The topological polar surface area (TPSA) is 128 Å². The zero-order valence-electron chi connectivity index (χ0n) is 13.6. The number of hydrogen-bond acceptors (Lipinski definition) is 9. The minimum Gasteiger partial charge on any atom is -0.455 e. The summed E-state index contributed by atoms with van der Waals surface area (Å²) in [5, 5.41) is 9.93. The lowest BCUT2D eigenvalue weighted by Crippen LogP contribution is -2.34. The summed E-state index contributed by atoms with van der Waals surface area (Å²) in [7, 11) is 0. The van der Waals surface area contributed by atoms with E-state index in [0.29, 0.717) is 16.5 Å². The fraction of sp³-hybridized carbons (Fsp3) is 0.267. The van der Waals surface area contributed by atoms with Crippen molar-refractivity contribution < 1.29 is 28.4 Å². The summed E-state index contributed by atoms with van der Waals surface area (Å²) in [6.07, 6.45) is 0. The van der Waals surface area contributed by atoms with Gasteiger partial charge >= 0.3 is 5.97 Å². The van der Waals surface area contributed by atoms with E-state index in [2.05, 4.69) is 15.8 Å². The molecule has 2 aromatic rings. The second kappa shape index (κ2) is 9.73. The van der Waals surface area contributed by atoms with Crippen LogP contribution in [0.2, 0.25) is 0 Å². The van der Waals surface area contributed by atoms with Gasteiger partial charge in [-0.2, -0.15) is 0 Å². The van der Waals surface area contributed by atoms with Gasteiger partial charge in [-0.25, -0.2) is 0 Å². The van der Waals surface area contributed by atoms with Crippen molar-refractivity contribution in [3.8, 4) is 0 Å². The smallest absolute Gasteiger partial charge is 0.316 e. The van der Waals surface area contributed by atoms with Gasteiger partial charge in [0.05, 0.1) is 16.4 Å². The van der Waals surface area contributed by atoms with Crippen LogP contribution in [0.15, 0.2) is 28.1 Å². The third-order valence-corrected chi connectivity index (χ3v) is 4.49. The lowest BCUT2D eigenvalue weighted by molar-refractivity contribution is -0.145. The predicted molar refractivity (Wildman–Crippen MR) is 94.9 cm³/mol. The molecule has 0 radical (unpaired) electrons. The Labute approximate surface area is 156 Å². The number of imide groups is 1. The number of esters is 1. The van der Waals surface area contributed by atoms with Crippen molar-refractivity contribution in [3.63, 3.8) is 0 Å². The Kier molecular flexibility index (Phi) is 7.36. The predicted octanol–water partition coefficient (Wildman–Crippen LogP) is 1.22. The summed E-state index contributed by atoms with van der Waals surface area (Å²) in [4.78, 5) is 46.7. The number of carbonyl (C=O) groups excluding carboxylic acids is 4. The zero-order valence-corrected chi connectivity index (χ0v) is 15.3. The Hall–Kier alpha value is -2.66. The standard InChI is InChI=1S/C15H15N3O6S2/c1-9-5-11(18-24-9)16-13(20)7-25-8-14(21)23-6-12(19)17-15(22)10-3-2-4-26-10/h2-5H,6-8H2,1H3,(H,16,18,20)(H,17,19,22). The molecule has 11 heteroatoms. The molecular weight excluding hydrogens is 382 g/mol. The number of thioether (sulfide) groups is 1. The lowest BCUT2D eigenvalue weighted by atomic mass is 10.4. The normalized spacial score (nSPS) is 10.2. The van der Waals surface area contributed by atoms with Crippen LogP contribution in [-0.4, -0.2) is 47.0 Å². The van der Waals surface area contributed by atoms with Crippen LogP contribution in [0.1, 0.15) is 15.4 Å². The van der Waals surface area contributed by atoms with Gasteiger partial charge in [0.15, 0.2) is 12.4 Å². The van der Waals surface area contributed by atoms with Crippen LogP contribution in [0.4, 0.5) is 5.82 Å². The van der Waals surface area contributed by atoms with Gasteiger partial charge in [0, 0.05) is 6.07 Å². The second-order valence-electron chi connectivity index (χ2n) is 4.88. The van der Waals surface area contributed by atoms with Gasteiger partial charge in [-0.1, -0.05) is 11.2 Å². The molecule has 0 bridgehead atoms. The first-order valence-corrected chi connectivity index (χ1v) is 9.31.